The van der Waals surface area contributed by atoms with E-state index in [0.29, 0.717) is 0 Å². The lowest BCUT2D eigenvalue weighted by atomic mass is 9.93. The van der Waals surface area contributed by atoms with Crippen molar-refractivity contribution in [1.82, 2.24) is 10.3 Å². The lowest BCUT2D eigenvalue weighted by Gasteiger charge is -2.28. The smallest absolute Gasteiger partial charge is 0.0950 e. The zero-order valence-corrected chi connectivity index (χ0v) is 10.3. The van der Waals surface area contributed by atoms with Crippen molar-refractivity contribution in [2.24, 2.45) is 0 Å². The van der Waals surface area contributed by atoms with E-state index in [9.17, 15) is 5.11 Å². The summed E-state index contributed by atoms with van der Waals surface area (Å²) in [4.78, 5) is 4.34. The van der Waals surface area contributed by atoms with Gasteiger partial charge in [-0.05, 0) is 37.1 Å². The molecule has 1 aromatic carbocycles. The molecule has 1 aromatic heterocycles. The van der Waals surface area contributed by atoms with Crippen molar-refractivity contribution in [2.75, 3.05) is 6.54 Å². The number of hydrogen-bond acceptors (Lipinski definition) is 3. The van der Waals surface area contributed by atoms with Crippen LogP contribution in [0.15, 0.2) is 36.5 Å². The van der Waals surface area contributed by atoms with Crippen molar-refractivity contribution in [3.63, 3.8) is 0 Å². The number of aliphatic hydroxyl groups is 1. The lowest BCUT2D eigenvalue weighted by Crippen LogP contribution is -2.38. The summed E-state index contributed by atoms with van der Waals surface area (Å²) < 4.78 is 0. The van der Waals surface area contributed by atoms with E-state index in [-0.39, 0.29) is 6.04 Å². The second-order valence-electron chi connectivity index (χ2n) is 4.92. The van der Waals surface area contributed by atoms with Crippen LogP contribution in [0.3, 0.4) is 0 Å². The van der Waals surface area contributed by atoms with Gasteiger partial charge in [0.15, 0.2) is 0 Å². The number of aliphatic hydroxyl groups excluding tert-OH is 1. The normalized spacial score (nSPS) is 21.9. The Morgan fingerprint density at radius 1 is 1.22 bits per heavy atom. The maximum atomic E-state index is 10.6. The molecule has 2 atom stereocenters. The molecule has 0 amide bonds. The molecule has 0 bridgehead atoms. The molecule has 0 unspecified atom stereocenters. The minimum atomic E-state index is -0.446. The number of piperidine rings is 1. The van der Waals surface area contributed by atoms with Crippen LogP contribution in [-0.2, 0) is 0 Å². The van der Waals surface area contributed by atoms with Gasteiger partial charge in [-0.25, -0.2) is 0 Å². The van der Waals surface area contributed by atoms with Gasteiger partial charge in [-0.1, -0.05) is 24.6 Å². The Balaban J connectivity index is 1.97. The van der Waals surface area contributed by atoms with Crippen LogP contribution in [0.2, 0.25) is 0 Å². The van der Waals surface area contributed by atoms with E-state index in [0.717, 1.165) is 29.4 Å². The van der Waals surface area contributed by atoms with Crippen molar-refractivity contribution in [3.8, 4) is 0 Å². The predicted molar refractivity (Wildman–Crippen MR) is 72.3 cm³/mol. The molecule has 0 aliphatic carbocycles. The molecule has 3 heteroatoms. The van der Waals surface area contributed by atoms with Crippen LogP contribution in [0.5, 0.6) is 0 Å². The number of aromatic nitrogens is 1. The van der Waals surface area contributed by atoms with Crippen LogP contribution < -0.4 is 5.32 Å². The molecule has 1 fully saturated rings. The summed E-state index contributed by atoms with van der Waals surface area (Å²) in [5, 5.41) is 15.0. The average molecular weight is 242 g/mol. The molecule has 0 radical (unpaired) electrons. The fourth-order valence-corrected chi connectivity index (χ4v) is 2.74. The summed E-state index contributed by atoms with van der Waals surface area (Å²) in [7, 11) is 0. The van der Waals surface area contributed by atoms with E-state index in [2.05, 4.69) is 10.3 Å². The highest BCUT2D eigenvalue weighted by atomic mass is 16.3. The summed E-state index contributed by atoms with van der Waals surface area (Å²) >= 11 is 0. The Hall–Kier alpha value is -1.45. The van der Waals surface area contributed by atoms with Crippen molar-refractivity contribution < 1.29 is 5.11 Å². The summed E-state index contributed by atoms with van der Waals surface area (Å²) in [6.45, 7) is 1.00. The van der Waals surface area contributed by atoms with Gasteiger partial charge in [0, 0.05) is 17.6 Å². The monoisotopic (exact) mass is 242 g/mol. The molecule has 2 N–H and O–H groups in total. The molecule has 2 heterocycles. The number of nitrogens with one attached hydrogen (secondary N) is 1. The molecule has 3 nitrogen and oxygen atoms in total. The first kappa shape index (κ1) is 11.6. The first-order valence-corrected chi connectivity index (χ1v) is 6.61. The summed E-state index contributed by atoms with van der Waals surface area (Å²) in [6.07, 6.45) is 4.78. The third-order valence-electron chi connectivity index (χ3n) is 3.73. The van der Waals surface area contributed by atoms with Crippen LogP contribution in [0.4, 0.5) is 0 Å². The molecule has 0 spiro atoms. The SMILES string of the molecule is O[C@@H](c1ccnc2ccccc12)[C@H]1CCCCN1. The van der Waals surface area contributed by atoms with Gasteiger partial charge in [-0.15, -0.1) is 0 Å². The third kappa shape index (κ3) is 2.11. The fraction of sp³-hybridized carbons (Fsp3) is 0.400. The van der Waals surface area contributed by atoms with E-state index in [1.165, 1.54) is 12.8 Å². The molecular weight excluding hydrogens is 224 g/mol. The number of nitrogens with zero attached hydrogens (tertiary/aromatic N) is 1. The average Bonchev–Trinajstić information content (AvgIpc) is 2.47. The highest BCUT2D eigenvalue weighted by molar-refractivity contribution is 5.82. The zero-order chi connectivity index (χ0) is 12.4. The molecule has 0 saturated carbocycles. The number of fused-ring (bicyclic) bond motifs is 1. The molecule has 1 saturated heterocycles. The first-order chi connectivity index (χ1) is 8.86. The van der Waals surface area contributed by atoms with Gasteiger partial charge in [0.1, 0.15) is 0 Å². The topological polar surface area (TPSA) is 45.2 Å². The maximum Gasteiger partial charge on any atom is 0.0950 e. The Morgan fingerprint density at radius 2 is 2.11 bits per heavy atom. The Labute approximate surface area is 107 Å². The molecule has 1 aliphatic heterocycles. The quantitative estimate of drug-likeness (QED) is 0.850. The van der Waals surface area contributed by atoms with Gasteiger partial charge in [-0.2, -0.15) is 0 Å². The predicted octanol–water partition coefficient (Wildman–Crippen LogP) is 2.41. The zero-order valence-electron chi connectivity index (χ0n) is 10.3. The van der Waals surface area contributed by atoms with Crippen LogP contribution in [-0.4, -0.2) is 22.7 Å². The van der Waals surface area contributed by atoms with Crippen molar-refractivity contribution in [1.29, 1.82) is 0 Å². The van der Waals surface area contributed by atoms with Gasteiger partial charge in [0.05, 0.1) is 11.6 Å². The number of pyridine rings is 1. The molecule has 94 valence electrons. The molecule has 1 aliphatic rings. The summed E-state index contributed by atoms with van der Waals surface area (Å²) in [5.74, 6) is 0. The second-order valence-corrected chi connectivity index (χ2v) is 4.92. The summed E-state index contributed by atoms with van der Waals surface area (Å²) in [6, 6.07) is 10.1. The minimum absolute atomic E-state index is 0.171. The van der Waals surface area contributed by atoms with Crippen LogP contribution in [0.1, 0.15) is 30.9 Å². The number of para-hydroxylation sites is 1. The largest absolute Gasteiger partial charge is 0.387 e. The number of benzene rings is 1. The third-order valence-corrected chi connectivity index (χ3v) is 3.73. The van der Waals surface area contributed by atoms with Gasteiger partial charge in [-0.3, -0.25) is 4.98 Å². The summed E-state index contributed by atoms with van der Waals surface area (Å²) in [5.41, 5.74) is 1.94. The van der Waals surface area contributed by atoms with E-state index in [4.69, 9.17) is 0 Å². The van der Waals surface area contributed by atoms with Crippen molar-refractivity contribution in [2.45, 2.75) is 31.4 Å². The van der Waals surface area contributed by atoms with Crippen molar-refractivity contribution in [3.05, 3.63) is 42.1 Å². The Bertz CT molecular complexity index is 530. The first-order valence-electron chi connectivity index (χ1n) is 6.61. The Kier molecular flexibility index (Phi) is 3.26. The highest BCUT2D eigenvalue weighted by Crippen LogP contribution is 2.27. The van der Waals surface area contributed by atoms with Crippen molar-refractivity contribution >= 4 is 10.9 Å². The molecule has 18 heavy (non-hydrogen) atoms. The van der Waals surface area contributed by atoms with Crippen LogP contribution >= 0.6 is 0 Å². The number of hydrogen-bond donors (Lipinski definition) is 2. The van der Waals surface area contributed by atoms with E-state index < -0.39 is 6.10 Å². The van der Waals surface area contributed by atoms with E-state index >= 15 is 0 Å². The standard InChI is InChI=1S/C15H18N2O/c18-15(14-7-3-4-9-16-14)12-8-10-17-13-6-2-1-5-11(12)13/h1-2,5-6,8,10,14-16,18H,3-4,7,9H2/t14-,15+/m1/s1. The van der Waals surface area contributed by atoms with E-state index in [1.807, 2.05) is 30.3 Å². The molecular formula is C15H18N2O. The minimum Gasteiger partial charge on any atom is -0.387 e. The highest BCUT2D eigenvalue weighted by Gasteiger charge is 2.23. The van der Waals surface area contributed by atoms with Gasteiger partial charge in [0.2, 0.25) is 0 Å². The van der Waals surface area contributed by atoms with Crippen LogP contribution in [0.25, 0.3) is 10.9 Å². The second kappa shape index (κ2) is 5.04. The molecule has 3 rings (SSSR count). The fourth-order valence-electron chi connectivity index (χ4n) is 2.74. The Morgan fingerprint density at radius 3 is 2.94 bits per heavy atom. The van der Waals surface area contributed by atoms with Gasteiger partial charge >= 0.3 is 0 Å². The number of rotatable bonds is 2. The lowest BCUT2D eigenvalue weighted by molar-refractivity contribution is 0.115. The maximum absolute atomic E-state index is 10.6. The van der Waals surface area contributed by atoms with Crippen LogP contribution in [0, 0.1) is 0 Å². The van der Waals surface area contributed by atoms with E-state index in [1.54, 1.807) is 6.20 Å². The van der Waals surface area contributed by atoms with Gasteiger partial charge in [0.25, 0.3) is 0 Å². The van der Waals surface area contributed by atoms with Gasteiger partial charge < -0.3 is 10.4 Å². The molecule has 2 aromatic rings.